The lowest BCUT2D eigenvalue weighted by Gasteiger charge is -2.23. The number of nitrogens with one attached hydrogen (secondary N) is 1. The van der Waals surface area contributed by atoms with Crippen molar-refractivity contribution in [3.63, 3.8) is 0 Å². The summed E-state index contributed by atoms with van der Waals surface area (Å²) in [7, 11) is 0. The van der Waals surface area contributed by atoms with Crippen molar-refractivity contribution in [1.29, 1.82) is 0 Å². The number of rotatable bonds is 4. The fraction of sp³-hybridized carbons (Fsp3) is 0.462. The van der Waals surface area contributed by atoms with E-state index in [1.807, 2.05) is 19.1 Å². The van der Waals surface area contributed by atoms with Crippen LogP contribution in [0.4, 0.5) is 5.13 Å². The van der Waals surface area contributed by atoms with E-state index in [0.717, 1.165) is 36.1 Å². The fourth-order valence-corrected chi connectivity index (χ4v) is 3.95. The Labute approximate surface area is 124 Å². The first-order valence-electron chi connectivity index (χ1n) is 6.70. The zero-order valence-electron chi connectivity index (χ0n) is 11.3. The Balaban J connectivity index is 1.64. The molecule has 1 unspecified atom stereocenters. The molecule has 2 aromatic rings. The first-order valence-corrected chi connectivity index (χ1v) is 8.59. The number of piperidine rings is 1. The van der Waals surface area contributed by atoms with Gasteiger partial charge in [0.25, 0.3) is 11.3 Å². The van der Waals surface area contributed by atoms with E-state index in [-0.39, 0.29) is 0 Å². The summed E-state index contributed by atoms with van der Waals surface area (Å²) in [6.07, 6.45) is 3.41. The molecule has 0 bridgehead atoms. The highest BCUT2D eigenvalue weighted by molar-refractivity contribution is 7.81. The summed E-state index contributed by atoms with van der Waals surface area (Å²) in [6, 6.07) is 6.07. The van der Waals surface area contributed by atoms with E-state index in [1.54, 1.807) is 5.06 Å². The third-order valence-electron chi connectivity index (χ3n) is 3.20. The summed E-state index contributed by atoms with van der Waals surface area (Å²) in [5.74, 6) is 0. The Bertz CT molecular complexity index is 623. The molecule has 20 heavy (non-hydrogen) atoms. The standard InChI is InChI=1S/C13H17N3O2S2/c1-10-5-6-11-12(9-10)19-13(14-11)15-20(17)18-16-7-3-2-4-8-16/h5-6,9H,2-4,7-8H2,1H3,(H,14,15). The van der Waals surface area contributed by atoms with E-state index in [4.69, 9.17) is 4.28 Å². The maximum absolute atomic E-state index is 11.9. The normalized spacial score (nSPS) is 18.2. The smallest absolute Gasteiger partial charge is 0.256 e. The second-order valence-corrected chi connectivity index (χ2v) is 6.74. The SMILES string of the molecule is Cc1ccc2nc(NS(=O)ON3CCCCC3)sc2c1. The van der Waals surface area contributed by atoms with E-state index in [9.17, 15) is 4.21 Å². The van der Waals surface area contributed by atoms with E-state index < -0.39 is 11.3 Å². The van der Waals surface area contributed by atoms with Crippen LogP contribution < -0.4 is 4.72 Å². The number of anilines is 1. The molecule has 108 valence electrons. The molecule has 1 aliphatic rings. The molecule has 1 atom stereocenters. The molecule has 0 saturated carbocycles. The Morgan fingerprint density at radius 1 is 1.35 bits per heavy atom. The molecule has 1 saturated heterocycles. The van der Waals surface area contributed by atoms with Crippen molar-refractivity contribution in [2.24, 2.45) is 0 Å². The largest absolute Gasteiger partial charge is 0.281 e. The molecule has 3 rings (SSSR count). The van der Waals surface area contributed by atoms with Gasteiger partial charge in [0.1, 0.15) is 0 Å². The molecule has 0 radical (unpaired) electrons. The zero-order valence-corrected chi connectivity index (χ0v) is 12.9. The van der Waals surface area contributed by atoms with E-state index in [2.05, 4.69) is 15.8 Å². The van der Waals surface area contributed by atoms with Crippen molar-refractivity contribution in [2.75, 3.05) is 17.8 Å². The van der Waals surface area contributed by atoms with Crippen LogP contribution in [0.3, 0.4) is 0 Å². The summed E-state index contributed by atoms with van der Waals surface area (Å²) < 4.78 is 21.2. The van der Waals surface area contributed by atoms with Crippen LogP contribution in [-0.2, 0) is 15.6 Å². The monoisotopic (exact) mass is 311 g/mol. The number of nitrogens with zero attached hydrogens (tertiary/aromatic N) is 2. The molecular weight excluding hydrogens is 294 g/mol. The summed E-state index contributed by atoms with van der Waals surface area (Å²) >= 11 is -0.0887. The molecule has 7 heteroatoms. The number of thiazole rings is 1. The van der Waals surface area contributed by atoms with Gasteiger partial charge < -0.3 is 0 Å². The zero-order chi connectivity index (χ0) is 13.9. The van der Waals surface area contributed by atoms with Gasteiger partial charge in [0.15, 0.2) is 5.13 Å². The van der Waals surface area contributed by atoms with Gasteiger partial charge in [0, 0.05) is 13.1 Å². The number of fused-ring (bicyclic) bond motifs is 1. The van der Waals surface area contributed by atoms with Crippen molar-refractivity contribution in [3.8, 4) is 0 Å². The summed E-state index contributed by atoms with van der Waals surface area (Å²) in [4.78, 5) is 4.40. The van der Waals surface area contributed by atoms with Gasteiger partial charge in [-0.15, -0.1) is 0 Å². The fourth-order valence-electron chi connectivity index (χ4n) is 2.20. The van der Waals surface area contributed by atoms with Crippen LogP contribution in [0.15, 0.2) is 18.2 Å². The molecule has 1 fully saturated rings. The molecule has 5 nitrogen and oxygen atoms in total. The number of hydrogen-bond acceptors (Lipinski definition) is 5. The molecule has 2 heterocycles. The molecule has 0 aliphatic carbocycles. The van der Waals surface area contributed by atoms with E-state index in [0.29, 0.717) is 5.13 Å². The van der Waals surface area contributed by atoms with Gasteiger partial charge in [-0.2, -0.15) is 9.35 Å². The maximum Gasteiger partial charge on any atom is 0.281 e. The predicted molar refractivity (Wildman–Crippen MR) is 82.6 cm³/mol. The van der Waals surface area contributed by atoms with Crippen molar-refractivity contribution >= 4 is 38.0 Å². The molecule has 1 aromatic carbocycles. The van der Waals surface area contributed by atoms with Crippen LogP contribution in [0.25, 0.3) is 10.2 Å². The quantitative estimate of drug-likeness (QED) is 0.943. The summed E-state index contributed by atoms with van der Waals surface area (Å²) in [6.45, 7) is 3.73. The Hall–Kier alpha value is -1.02. The first-order chi connectivity index (χ1) is 9.70. The topological polar surface area (TPSA) is 54.5 Å². The van der Waals surface area contributed by atoms with Crippen LogP contribution in [-0.4, -0.2) is 27.3 Å². The number of hydroxylamine groups is 2. The highest BCUT2D eigenvalue weighted by atomic mass is 32.2. The highest BCUT2D eigenvalue weighted by Crippen LogP contribution is 2.27. The van der Waals surface area contributed by atoms with Crippen LogP contribution >= 0.6 is 11.3 Å². The Morgan fingerprint density at radius 3 is 2.95 bits per heavy atom. The lowest BCUT2D eigenvalue weighted by Crippen LogP contribution is -2.32. The van der Waals surface area contributed by atoms with Crippen molar-refractivity contribution in [2.45, 2.75) is 26.2 Å². The highest BCUT2D eigenvalue weighted by Gasteiger charge is 2.15. The van der Waals surface area contributed by atoms with Gasteiger partial charge >= 0.3 is 0 Å². The third kappa shape index (κ3) is 3.35. The minimum atomic E-state index is -1.58. The van der Waals surface area contributed by atoms with Gasteiger partial charge in [0.2, 0.25) is 0 Å². The molecule has 0 spiro atoms. The second-order valence-electron chi connectivity index (χ2n) is 4.89. The maximum atomic E-state index is 11.9. The van der Waals surface area contributed by atoms with E-state index >= 15 is 0 Å². The predicted octanol–water partition coefficient (Wildman–Crippen LogP) is 3.01. The molecule has 1 N–H and O–H groups in total. The van der Waals surface area contributed by atoms with Crippen molar-refractivity contribution in [3.05, 3.63) is 23.8 Å². The van der Waals surface area contributed by atoms with Crippen molar-refractivity contribution in [1.82, 2.24) is 10.0 Å². The molecule has 1 aliphatic heterocycles. The minimum absolute atomic E-state index is 0.626. The lowest BCUT2D eigenvalue weighted by atomic mass is 10.2. The van der Waals surface area contributed by atoms with Crippen molar-refractivity contribution < 1.29 is 8.49 Å². The van der Waals surface area contributed by atoms with Gasteiger partial charge in [0.05, 0.1) is 10.2 Å². The minimum Gasteiger partial charge on any atom is -0.256 e. The number of aryl methyl sites for hydroxylation is 1. The van der Waals surface area contributed by atoms with Gasteiger partial charge in [-0.05, 0) is 37.5 Å². The van der Waals surface area contributed by atoms with Gasteiger partial charge in [-0.1, -0.05) is 23.8 Å². The van der Waals surface area contributed by atoms with Crippen LogP contribution in [0.2, 0.25) is 0 Å². The van der Waals surface area contributed by atoms with Gasteiger partial charge in [-0.3, -0.25) is 4.72 Å². The third-order valence-corrected chi connectivity index (χ3v) is 4.97. The molecule has 1 aromatic heterocycles. The number of aromatic nitrogens is 1. The van der Waals surface area contributed by atoms with E-state index in [1.165, 1.54) is 23.3 Å². The summed E-state index contributed by atoms with van der Waals surface area (Å²) in [5.41, 5.74) is 2.11. The summed E-state index contributed by atoms with van der Waals surface area (Å²) in [5, 5.41) is 2.39. The first kappa shape index (κ1) is 13.9. The van der Waals surface area contributed by atoms with Crippen LogP contribution in [0.5, 0.6) is 0 Å². The molecule has 0 amide bonds. The average Bonchev–Trinajstić information content (AvgIpc) is 2.80. The van der Waals surface area contributed by atoms with Crippen LogP contribution in [0, 0.1) is 6.92 Å². The molecular formula is C13H17N3O2S2. The lowest BCUT2D eigenvalue weighted by molar-refractivity contribution is -0.0585. The Kier molecular flexibility index (Phi) is 4.30. The van der Waals surface area contributed by atoms with Gasteiger partial charge in [-0.25, -0.2) is 9.19 Å². The Morgan fingerprint density at radius 2 is 2.15 bits per heavy atom. The average molecular weight is 311 g/mol. The van der Waals surface area contributed by atoms with Crippen LogP contribution in [0.1, 0.15) is 24.8 Å². The number of hydrogen-bond donors (Lipinski definition) is 1. The number of benzene rings is 1. The second kappa shape index (κ2) is 6.17.